The van der Waals surface area contributed by atoms with E-state index in [2.05, 4.69) is 4.98 Å². The van der Waals surface area contributed by atoms with Crippen molar-refractivity contribution in [3.05, 3.63) is 83.2 Å². The van der Waals surface area contributed by atoms with Crippen LogP contribution in [0.25, 0.3) is 0 Å². The summed E-state index contributed by atoms with van der Waals surface area (Å²) in [7, 11) is -4.07. The average molecular weight is 469 g/mol. The smallest absolute Gasteiger partial charge is 0.266 e. The molecule has 4 rings (SSSR count). The number of aryl methyl sites for hydroxylation is 2. The first-order valence-electron chi connectivity index (χ1n) is 10.8. The Labute approximate surface area is 193 Å². The second kappa shape index (κ2) is 9.70. The highest BCUT2D eigenvalue weighted by atomic mass is 32.2. The summed E-state index contributed by atoms with van der Waals surface area (Å²) in [5.74, 6) is 0.378. The number of anilines is 1. The van der Waals surface area contributed by atoms with E-state index in [4.69, 9.17) is 4.74 Å². The van der Waals surface area contributed by atoms with Crippen LogP contribution < -0.4 is 9.04 Å². The van der Waals surface area contributed by atoms with Crippen LogP contribution in [0.2, 0.25) is 0 Å². The van der Waals surface area contributed by atoms with Gasteiger partial charge in [0, 0.05) is 18.0 Å². The minimum atomic E-state index is -4.07. The van der Waals surface area contributed by atoms with Crippen LogP contribution in [-0.2, 0) is 29.5 Å². The number of aldehydes is 1. The van der Waals surface area contributed by atoms with Gasteiger partial charge in [-0.05, 0) is 67.1 Å². The molecule has 1 aliphatic carbocycles. The molecule has 0 unspecified atom stereocenters. The van der Waals surface area contributed by atoms with Crippen LogP contribution in [0.15, 0.2) is 65.8 Å². The monoisotopic (exact) mass is 468 g/mol. The molecule has 33 heavy (non-hydrogen) atoms. The fourth-order valence-electron chi connectivity index (χ4n) is 3.93. The molecule has 1 heterocycles. The van der Waals surface area contributed by atoms with Crippen molar-refractivity contribution < 1.29 is 22.3 Å². The highest BCUT2D eigenvalue weighted by Crippen LogP contribution is 2.38. The molecule has 2 aromatic carbocycles. The maximum absolute atomic E-state index is 14.2. The molecular formula is C25H25FN2O4S. The van der Waals surface area contributed by atoms with Crippen LogP contribution >= 0.6 is 0 Å². The lowest BCUT2D eigenvalue weighted by atomic mass is 10.1. The third-order valence-electron chi connectivity index (χ3n) is 5.59. The molecule has 0 saturated carbocycles. The number of alkyl halides is 1. The van der Waals surface area contributed by atoms with Crippen molar-refractivity contribution in [2.24, 2.45) is 0 Å². The van der Waals surface area contributed by atoms with E-state index in [1.165, 1.54) is 31.5 Å². The van der Waals surface area contributed by atoms with E-state index >= 15 is 0 Å². The van der Waals surface area contributed by atoms with Crippen molar-refractivity contribution in [3.8, 4) is 5.75 Å². The van der Waals surface area contributed by atoms with E-state index in [1.807, 2.05) is 12.1 Å². The zero-order valence-corrected chi connectivity index (χ0v) is 19.1. The number of ether oxygens (including phenoxy) is 1. The number of benzene rings is 2. The van der Waals surface area contributed by atoms with Crippen molar-refractivity contribution in [2.75, 3.05) is 10.8 Å². The van der Waals surface area contributed by atoms with Gasteiger partial charge in [0.2, 0.25) is 0 Å². The molecule has 172 valence electrons. The maximum atomic E-state index is 14.2. The molecule has 0 spiro atoms. The number of pyridine rings is 1. The number of rotatable bonds is 9. The number of carbonyl (C=O) groups excluding carboxylic acids is 1. The fraction of sp³-hybridized carbons (Fsp3) is 0.280. The van der Waals surface area contributed by atoms with Crippen LogP contribution in [0.1, 0.15) is 40.4 Å². The van der Waals surface area contributed by atoms with Crippen LogP contribution in [-0.4, -0.2) is 32.4 Å². The molecule has 6 nitrogen and oxygen atoms in total. The minimum Gasteiger partial charge on any atom is -0.487 e. The Morgan fingerprint density at radius 2 is 1.88 bits per heavy atom. The molecule has 0 bridgehead atoms. The highest BCUT2D eigenvalue weighted by Gasteiger charge is 2.30. The fourth-order valence-corrected chi connectivity index (χ4v) is 5.44. The molecule has 3 aromatic rings. The average Bonchev–Trinajstić information content (AvgIpc) is 3.29. The Hall–Kier alpha value is -3.26. The van der Waals surface area contributed by atoms with Crippen molar-refractivity contribution in [3.63, 3.8) is 0 Å². The van der Waals surface area contributed by atoms with Gasteiger partial charge in [-0.2, -0.15) is 0 Å². The molecule has 1 atom stereocenters. The maximum Gasteiger partial charge on any atom is 0.266 e. The largest absolute Gasteiger partial charge is 0.487 e. The van der Waals surface area contributed by atoms with Gasteiger partial charge in [0.15, 0.2) is 0 Å². The molecule has 1 aromatic heterocycles. The van der Waals surface area contributed by atoms with Gasteiger partial charge >= 0.3 is 0 Å². The lowest BCUT2D eigenvalue weighted by Crippen LogP contribution is -2.36. The standard InChI is InChI=1S/C25H25FN2O4S/c1-18(26)15-28(33(30,31)23-6-3-11-27-14-23)24-12-21-4-2-5-22(21)13-25(24)32-17-20-9-7-19(16-29)8-10-20/h3,6-14,16,18H,2,4-5,15,17H2,1H3/t18-/m1/s1. The van der Waals surface area contributed by atoms with Gasteiger partial charge in [-0.25, -0.2) is 12.8 Å². The van der Waals surface area contributed by atoms with Crippen molar-refractivity contribution >= 4 is 22.0 Å². The number of hydrogen-bond donors (Lipinski definition) is 0. The van der Waals surface area contributed by atoms with Gasteiger partial charge in [0.25, 0.3) is 10.0 Å². The molecule has 0 saturated heterocycles. The summed E-state index contributed by atoms with van der Waals surface area (Å²) in [5.41, 5.74) is 3.85. The van der Waals surface area contributed by atoms with Crippen LogP contribution in [0.4, 0.5) is 10.1 Å². The normalized spacial score (nSPS) is 13.9. The van der Waals surface area contributed by atoms with Crippen molar-refractivity contribution in [2.45, 2.75) is 43.9 Å². The summed E-state index contributed by atoms with van der Waals surface area (Å²) >= 11 is 0. The third-order valence-corrected chi connectivity index (χ3v) is 7.36. The zero-order chi connectivity index (χ0) is 23.4. The van der Waals surface area contributed by atoms with E-state index in [-0.39, 0.29) is 18.0 Å². The first-order valence-corrected chi connectivity index (χ1v) is 12.2. The summed E-state index contributed by atoms with van der Waals surface area (Å²) in [6.07, 6.45) is 4.81. The van der Waals surface area contributed by atoms with Gasteiger partial charge in [-0.15, -0.1) is 0 Å². The predicted octanol–water partition coefficient (Wildman–Crippen LogP) is 4.52. The number of sulfonamides is 1. The molecule has 0 aliphatic heterocycles. The number of hydrogen-bond acceptors (Lipinski definition) is 5. The second-order valence-electron chi connectivity index (χ2n) is 8.10. The van der Waals surface area contributed by atoms with E-state index in [0.29, 0.717) is 17.0 Å². The SMILES string of the molecule is C[C@@H](F)CN(c1cc2c(cc1OCc1ccc(C=O)cc1)CCC2)S(=O)(=O)c1cccnc1. The Kier molecular flexibility index (Phi) is 6.74. The summed E-state index contributed by atoms with van der Waals surface area (Å²) < 4.78 is 48.4. The summed E-state index contributed by atoms with van der Waals surface area (Å²) in [5, 5.41) is 0. The first kappa shape index (κ1) is 22.9. The van der Waals surface area contributed by atoms with Crippen LogP contribution in [0.5, 0.6) is 5.75 Å². The lowest BCUT2D eigenvalue weighted by molar-refractivity contribution is 0.112. The molecule has 0 amide bonds. The van der Waals surface area contributed by atoms with Crippen molar-refractivity contribution in [1.82, 2.24) is 4.98 Å². The van der Waals surface area contributed by atoms with Crippen LogP contribution in [0, 0.1) is 0 Å². The Morgan fingerprint density at radius 1 is 1.15 bits per heavy atom. The van der Waals surface area contributed by atoms with Gasteiger partial charge in [0.1, 0.15) is 29.7 Å². The highest BCUT2D eigenvalue weighted by molar-refractivity contribution is 7.92. The molecule has 0 radical (unpaired) electrons. The number of aromatic nitrogens is 1. The lowest BCUT2D eigenvalue weighted by Gasteiger charge is -2.27. The van der Waals surface area contributed by atoms with Crippen molar-refractivity contribution in [1.29, 1.82) is 0 Å². The Bertz CT molecular complexity index is 1230. The third kappa shape index (κ3) is 5.06. The minimum absolute atomic E-state index is 0.0125. The van der Waals surface area contributed by atoms with E-state index in [1.54, 1.807) is 24.3 Å². The summed E-state index contributed by atoms with van der Waals surface area (Å²) in [6.45, 7) is 1.16. The number of nitrogens with zero attached hydrogens (tertiary/aromatic N) is 2. The molecule has 0 N–H and O–H groups in total. The summed E-state index contributed by atoms with van der Waals surface area (Å²) in [4.78, 5) is 14.8. The Morgan fingerprint density at radius 3 is 2.52 bits per heavy atom. The summed E-state index contributed by atoms with van der Waals surface area (Å²) in [6, 6.07) is 13.6. The van der Waals surface area contributed by atoms with E-state index < -0.39 is 16.2 Å². The topological polar surface area (TPSA) is 76.6 Å². The second-order valence-corrected chi connectivity index (χ2v) is 9.96. The molecule has 1 aliphatic rings. The molecule has 8 heteroatoms. The van der Waals surface area contributed by atoms with Crippen LogP contribution in [0.3, 0.4) is 0 Å². The number of halogens is 1. The predicted molar refractivity (Wildman–Crippen MR) is 124 cm³/mol. The number of carbonyl (C=O) groups is 1. The van der Waals surface area contributed by atoms with E-state index in [9.17, 15) is 17.6 Å². The molecular weight excluding hydrogens is 443 g/mol. The van der Waals surface area contributed by atoms with E-state index in [0.717, 1.165) is 46.5 Å². The first-order chi connectivity index (χ1) is 15.9. The quantitative estimate of drug-likeness (QED) is 0.432. The van der Waals surface area contributed by atoms with Gasteiger partial charge in [-0.3, -0.25) is 14.1 Å². The number of fused-ring (bicyclic) bond motifs is 1. The van der Waals surface area contributed by atoms with Gasteiger partial charge in [-0.1, -0.05) is 24.3 Å². The van der Waals surface area contributed by atoms with Gasteiger partial charge in [0.05, 0.1) is 12.2 Å². The molecule has 0 fully saturated rings. The van der Waals surface area contributed by atoms with Gasteiger partial charge < -0.3 is 4.74 Å². The Balaban J connectivity index is 1.75. The zero-order valence-electron chi connectivity index (χ0n) is 18.3.